The van der Waals surface area contributed by atoms with Gasteiger partial charge < -0.3 is 20.8 Å². The second-order valence-corrected chi connectivity index (χ2v) is 9.66. The van der Waals surface area contributed by atoms with Crippen LogP contribution in [0.5, 0.6) is 0 Å². The fourth-order valence-corrected chi connectivity index (χ4v) is 4.78. The highest BCUT2D eigenvalue weighted by Crippen LogP contribution is 2.25. The molecule has 0 unspecified atom stereocenters. The topological polar surface area (TPSA) is 133 Å². The van der Waals surface area contributed by atoms with E-state index >= 15 is 0 Å². The molecule has 44 heavy (non-hydrogen) atoms. The molecule has 4 N–H and O–H groups in total. The normalized spacial score (nSPS) is 10.4. The largest absolute Gasteiger partial charge is 0.478 e. The molecule has 0 spiro atoms. The molecule has 0 saturated carbocycles. The SMILES string of the molecule is O=C(O)c1ccccc1C(=O)Nc1cccc2ccccc12.O=C(O)c1ccccc1C(=O)Nc1cccc2ccccc12. The van der Waals surface area contributed by atoms with Gasteiger partial charge in [0.05, 0.1) is 22.3 Å². The van der Waals surface area contributed by atoms with E-state index in [1.807, 2.05) is 72.8 Å². The molecule has 0 fully saturated rings. The maximum atomic E-state index is 12.4. The van der Waals surface area contributed by atoms with Gasteiger partial charge in [-0.3, -0.25) is 9.59 Å². The Bertz CT molecular complexity index is 1880. The number of aromatic carboxylic acids is 2. The molecule has 6 aromatic carbocycles. The molecule has 6 rings (SSSR count). The van der Waals surface area contributed by atoms with Gasteiger partial charge in [-0.25, -0.2) is 9.59 Å². The van der Waals surface area contributed by atoms with Gasteiger partial charge in [-0.1, -0.05) is 97.1 Å². The number of carbonyl (C=O) groups excluding carboxylic acids is 2. The lowest BCUT2D eigenvalue weighted by Gasteiger charge is -2.10. The third-order valence-corrected chi connectivity index (χ3v) is 6.88. The summed E-state index contributed by atoms with van der Waals surface area (Å²) in [7, 11) is 0. The number of nitrogens with one attached hydrogen (secondary N) is 2. The summed E-state index contributed by atoms with van der Waals surface area (Å²) in [5.74, 6) is -3.11. The smallest absolute Gasteiger partial charge is 0.336 e. The van der Waals surface area contributed by atoms with Gasteiger partial charge in [0.25, 0.3) is 11.8 Å². The third kappa shape index (κ3) is 6.45. The number of hydrogen-bond acceptors (Lipinski definition) is 4. The summed E-state index contributed by atoms with van der Waals surface area (Å²) in [4.78, 5) is 47.2. The standard InChI is InChI=1S/2C18H13NO3/c2*20-17(14-9-3-4-10-15(14)18(21)22)19-16-11-5-7-12-6-1-2-8-13(12)16/h2*1-11H,(H,19,20)(H,21,22). The molecule has 0 aromatic heterocycles. The Labute approximate surface area is 252 Å². The third-order valence-electron chi connectivity index (χ3n) is 6.88. The Morgan fingerprint density at radius 2 is 0.705 bits per heavy atom. The van der Waals surface area contributed by atoms with Gasteiger partial charge in [-0.15, -0.1) is 0 Å². The van der Waals surface area contributed by atoms with Gasteiger partial charge in [-0.05, 0) is 47.2 Å². The predicted octanol–water partition coefficient (Wildman–Crippen LogP) is 7.58. The Morgan fingerprint density at radius 1 is 0.386 bits per heavy atom. The van der Waals surface area contributed by atoms with Crippen LogP contribution in [-0.2, 0) is 0 Å². The van der Waals surface area contributed by atoms with Gasteiger partial charge in [0.1, 0.15) is 0 Å². The summed E-state index contributed by atoms with van der Waals surface area (Å²) in [5.41, 5.74) is 1.57. The molecule has 0 heterocycles. The lowest BCUT2D eigenvalue weighted by atomic mass is 10.1. The monoisotopic (exact) mass is 582 g/mol. The van der Waals surface area contributed by atoms with E-state index in [0.29, 0.717) is 11.4 Å². The van der Waals surface area contributed by atoms with Crippen LogP contribution >= 0.6 is 0 Å². The van der Waals surface area contributed by atoms with Crippen LogP contribution in [0.15, 0.2) is 133 Å². The minimum atomic E-state index is -1.12. The molecule has 0 aliphatic rings. The van der Waals surface area contributed by atoms with Crippen molar-refractivity contribution in [1.29, 1.82) is 0 Å². The molecule has 2 amide bonds. The first-order chi connectivity index (χ1) is 21.3. The number of carboxylic acids is 2. The van der Waals surface area contributed by atoms with E-state index in [-0.39, 0.29) is 22.3 Å². The number of anilines is 2. The molecule has 0 atom stereocenters. The van der Waals surface area contributed by atoms with Crippen LogP contribution in [0, 0.1) is 0 Å². The van der Waals surface area contributed by atoms with E-state index in [0.717, 1.165) is 21.5 Å². The van der Waals surface area contributed by atoms with E-state index in [1.54, 1.807) is 36.4 Å². The van der Waals surface area contributed by atoms with Gasteiger partial charge in [0.15, 0.2) is 0 Å². The number of amides is 2. The van der Waals surface area contributed by atoms with Crippen LogP contribution in [0.1, 0.15) is 41.4 Å². The minimum Gasteiger partial charge on any atom is -0.478 e. The summed E-state index contributed by atoms with van der Waals surface area (Å²) >= 11 is 0. The van der Waals surface area contributed by atoms with Crippen molar-refractivity contribution >= 4 is 56.7 Å². The van der Waals surface area contributed by atoms with Crippen molar-refractivity contribution in [2.75, 3.05) is 10.6 Å². The second kappa shape index (κ2) is 13.1. The second-order valence-electron chi connectivity index (χ2n) is 9.66. The van der Waals surface area contributed by atoms with Crippen molar-refractivity contribution in [3.05, 3.63) is 156 Å². The van der Waals surface area contributed by atoms with Crippen LogP contribution in [0.4, 0.5) is 11.4 Å². The molecule has 8 heteroatoms. The summed E-state index contributed by atoms with van der Waals surface area (Å²) in [6.07, 6.45) is 0. The van der Waals surface area contributed by atoms with Gasteiger partial charge in [0, 0.05) is 22.1 Å². The van der Waals surface area contributed by atoms with E-state index in [1.165, 1.54) is 24.3 Å². The summed E-state index contributed by atoms with van der Waals surface area (Å²) < 4.78 is 0. The molecule has 6 aromatic rings. The number of benzene rings is 6. The van der Waals surface area contributed by atoms with Crippen molar-refractivity contribution in [3.63, 3.8) is 0 Å². The Kier molecular flexibility index (Phi) is 8.72. The molecular formula is C36H26N2O6. The zero-order valence-corrected chi connectivity index (χ0v) is 23.2. The first kappa shape index (κ1) is 29.2. The fourth-order valence-electron chi connectivity index (χ4n) is 4.78. The highest BCUT2D eigenvalue weighted by atomic mass is 16.4. The molecular weight excluding hydrogens is 556 g/mol. The van der Waals surface area contributed by atoms with Gasteiger partial charge >= 0.3 is 11.9 Å². The quantitative estimate of drug-likeness (QED) is 0.160. The molecule has 8 nitrogen and oxygen atoms in total. The van der Waals surface area contributed by atoms with E-state index in [2.05, 4.69) is 10.6 Å². The Balaban J connectivity index is 0.000000175. The minimum absolute atomic E-state index is 0.0137. The number of carbonyl (C=O) groups is 4. The van der Waals surface area contributed by atoms with Crippen molar-refractivity contribution in [3.8, 4) is 0 Å². The average molecular weight is 583 g/mol. The first-order valence-corrected chi connectivity index (χ1v) is 13.6. The van der Waals surface area contributed by atoms with E-state index in [9.17, 15) is 29.4 Å². The van der Waals surface area contributed by atoms with Gasteiger partial charge in [0.2, 0.25) is 0 Å². The highest BCUT2D eigenvalue weighted by Gasteiger charge is 2.17. The van der Waals surface area contributed by atoms with Crippen molar-refractivity contribution in [1.82, 2.24) is 0 Å². The fraction of sp³-hybridized carbons (Fsp3) is 0. The number of rotatable bonds is 6. The molecule has 0 aliphatic heterocycles. The summed E-state index contributed by atoms with van der Waals surface area (Å²) in [6.45, 7) is 0. The molecule has 0 aliphatic carbocycles. The lowest BCUT2D eigenvalue weighted by Crippen LogP contribution is -2.16. The Morgan fingerprint density at radius 3 is 1.09 bits per heavy atom. The Hall–Kier alpha value is -6.28. The molecule has 0 bridgehead atoms. The average Bonchev–Trinajstić information content (AvgIpc) is 3.05. The number of carboxylic acid groups (broad SMARTS) is 2. The highest BCUT2D eigenvalue weighted by molar-refractivity contribution is 6.14. The first-order valence-electron chi connectivity index (χ1n) is 13.6. The number of hydrogen-bond donors (Lipinski definition) is 4. The number of fused-ring (bicyclic) bond motifs is 2. The summed E-state index contributed by atoms with van der Waals surface area (Å²) in [6, 6.07) is 38.9. The van der Waals surface area contributed by atoms with Crippen LogP contribution < -0.4 is 10.6 Å². The van der Waals surface area contributed by atoms with Crippen molar-refractivity contribution < 1.29 is 29.4 Å². The van der Waals surface area contributed by atoms with Gasteiger partial charge in [-0.2, -0.15) is 0 Å². The zero-order valence-electron chi connectivity index (χ0n) is 23.2. The van der Waals surface area contributed by atoms with Crippen molar-refractivity contribution in [2.24, 2.45) is 0 Å². The van der Waals surface area contributed by atoms with Crippen LogP contribution in [-0.4, -0.2) is 34.0 Å². The maximum Gasteiger partial charge on any atom is 0.336 e. The van der Waals surface area contributed by atoms with Crippen LogP contribution in [0.25, 0.3) is 21.5 Å². The molecule has 0 radical (unpaired) electrons. The molecule has 216 valence electrons. The zero-order chi connectivity index (χ0) is 31.1. The van der Waals surface area contributed by atoms with Crippen molar-refractivity contribution in [2.45, 2.75) is 0 Å². The van der Waals surface area contributed by atoms with E-state index < -0.39 is 23.8 Å². The maximum absolute atomic E-state index is 12.4. The lowest BCUT2D eigenvalue weighted by molar-refractivity contribution is 0.0683. The van der Waals surface area contributed by atoms with E-state index in [4.69, 9.17) is 0 Å². The summed E-state index contributed by atoms with van der Waals surface area (Å²) in [5, 5.41) is 27.8. The predicted molar refractivity (Wildman–Crippen MR) is 171 cm³/mol. The van der Waals surface area contributed by atoms with Crippen LogP contribution in [0.3, 0.4) is 0 Å². The molecule has 0 saturated heterocycles. The van der Waals surface area contributed by atoms with Crippen LogP contribution in [0.2, 0.25) is 0 Å².